The highest BCUT2D eigenvalue weighted by Gasteiger charge is 2.23. The van der Waals surface area contributed by atoms with Crippen molar-refractivity contribution in [3.8, 4) is 0 Å². The molecular weight excluding hydrogens is 346 g/mol. The lowest BCUT2D eigenvalue weighted by molar-refractivity contribution is 0.162. The van der Waals surface area contributed by atoms with Crippen LogP contribution in [0.2, 0.25) is 0 Å². The van der Waals surface area contributed by atoms with E-state index in [1.54, 1.807) is 31.1 Å². The molecule has 0 aliphatic heterocycles. The summed E-state index contributed by atoms with van der Waals surface area (Å²) >= 11 is 0. The normalized spacial score (nSPS) is 11.6. The Labute approximate surface area is 142 Å². The lowest BCUT2D eigenvalue weighted by atomic mass is 10.2. The Morgan fingerprint density at radius 2 is 1.76 bits per heavy atom. The molecule has 9 heteroatoms. The molecule has 0 bridgehead atoms. The number of nitrogens with zero attached hydrogens (tertiary/aromatic N) is 2. The molecule has 0 fully saturated rings. The summed E-state index contributed by atoms with van der Waals surface area (Å²) in [6.45, 7) is 0. The van der Waals surface area contributed by atoms with Gasteiger partial charge in [-0.1, -0.05) is 16.9 Å². The zero-order valence-corrected chi connectivity index (χ0v) is 14.2. The Morgan fingerprint density at radius 3 is 2.44 bits per heavy atom. The van der Waals surface area contributed by atoms with Crippen LogP contribution in [-0.2, 0) is 9.84 Å². The molecule has 0 atom stereocenters. The van der Waals surface area contributed by atoms with E-state index in [1.165, 1.54) is 30.3 Å². The van der Waals surface area contributed by atoms with Crippen LogP contribution < -0.4 is 16.1 Å². The van der Waals surface area contributed by atoms with Crippen molar-refractivity contribution in [3.63, 3.8) is 0 Å². The van der Waals surface area contributed by atoms with Gasteiger partial charge in [0.2, 0.25) is 9.84 Å². The van der Waals surface area contributed by atoms with Crippen molar-refractivity contribution in [2.45, 2.75) is 9.79 Å². The van der Waals surface area contributed by atoms with Crippen molar-refractivity contribution in [3.05, 3.63) is 63.3 Å². The van der Waals surface area contributed by atoms with Crippen molar-refractivity contribution < 1.29 is 13.6 Å². The van der Waals surface area contributed by atoms with Crippen molar-refractivity contribution in [1.82, 2.24) is 9.71 Å². The third-order valence-corrected chi connectivity index (χ3v) is 5.60. The summed E-state index contributed by atoms with van der Waals surface area (Å²) in [5, 5.41) is 9.31. The molecule has 0 radical (unpaired) electrons. The Balaban J connectivity index is 2.34. The number of para-hydroxylation sites is 1. The van der Waals surface area contributed by atoms with E-state index >= 15 is 0 Å². The van der Waals surface area contributed by atoms with Crippen molar-refractivity contribution >= 4 is 26.4 Å². The number of fused-ring (bicyclic) bond motifs is 1. The first-order valence-electron chi connectivity index (χ1n) is 7.23. The number of aromatic nitrogens is 2. The standard InChI is InChI=1S/C16H15N3O5S/c1-18(2)10-5-3-6-11(9-10)25(23,24)13-8-4-7-12-14(13)17-16(21)19(22)15(12)20/h3-9,22H,1-2H3,(H,17,21). The second kappa shape index (κ2) is 5.78. The molecule has 1 heterocycles. The monoisotopic (exact) mass is 361 g/mol. The van der Waals surface area contributed by atoms with Gasteiger partial charge in [-0.15, -0.1) is 0 Å². The van der Waals surface area contributed by atoms with Crippen LogP contribution in [0.3, 0.4) is 0 Å². The van der Waals surface area contributed by atoms with Gasteiger partial charge in [0, 0.05) is 19.8 Å². The van der Waals surface area contributed by atoms with Gasteiger partial charge < -0.3 is 15.1 Å². The van der Waals surface area contributed by atoms with Gasteiger partial charge in [0.25, 0.3) is 5.56 Å². The molecule has 130 valence electrons. The number of anilines is 1. The molecule has 3 rings (SSSR count). The van der Waals surface area contributed by atoms with E-state index in [0.717, 1.165) is 0 Å². The van der Waals surface area contributed by atoms with Gasteiger partial charge in [0.1, 0.15) is 0 Å². The van der Waals surface area contributed by atoms with Crippen molar-refractivity contribution in [2.75, 3.05) is 19.0 Å². The van der Waals surface area contributed by atoms with E-state index in [1.807, 2.05) is 0 Å². The first-order chi connectivity index (χ1) is 11.7. The lowest BCUT2D eigenvalue weighted by Gasteiger charge is -2.14. The number of sulfone groups is 1. The van der Waals surface area contributed by atoms with Gasteiger partial charge in [-0.05, 0) is 30.3 Å². The van der Waals surface area contributed by atoms with Crippen LogP contribution in [-0.4, -0.2) is 37.4 Å². The minimum atomic E-state index is -3.99. The maximum absolute atomic E-state index is 13.0. The highest BCUT2D eigenvalue weighted by Crippen LogP contribution is 2.27. The molecule has 0 aliphatic carbocycles. The number of hydrogen-bond acceptors (Lipinski definition) is 6. The Kier molecular flexibility index (Phi) is 3.88. The van der Waals surface area contributed by atoms with Gasteiger partial charge in [0.15, 0.2) is 0 Å². The SMILES string of the molecule is CN(C)c1cccc(S(=O)(=O)c2cccc3c(=O)n(O)c(=O)[nH]c23)c1. The fourth-order valence-electron chi connectivity index (χ4n) is 2.48. The smallest absolute Gasteiger partial charge is 0.362 e. The van der Waals surface area contributed by atoms with Gasteiger partial charge in [-0.2, -0.15) is 0 Å². The fourth-order valence-corrected chi connectivity index (χ4v) is 3.96. The first kappa shape index (κ1) is 16.8. The van der Waals surface area contributed by atoms with Crippen LogP contribution in [0.5, 0.6) is 0 Å². The summed E-state index contributed by atoms with van der Waals surface area (Å²) in [7, 11) is -0.429. The molecule has 0 saturated carbocycles. The number of rotatable bonds is 3. The number of aromatic amines is 1. The maximum Gasteiger partial charge on any atom is 0.362 e. The molecule has 25 heavy (non-hydrogen) atoms. The number of hydrogen-bond donors (Lipinski definition) is 2. The molecule has 0 spiro atoms. The second-order valence-corrected chi connectivity index (χ2v) is 7.54. The van der Waals surface area contributed by atoms with Gasteiger partial charge in [-0.25, -0.2) is 13.2 Å². The highest BCUT2D eigenvalue weighted by atomic mass is 32.2. The first-order valence-corrected chi connectivity index (χ1v) is 8.71. The van der Waals surface area contributed by atoms with E-state index < -0.39 is 21.1 Å². The van der Waals surface area contributed by atoms with Crippen LogP contribution in [0.1, 0.15) is 0 Å². The predicted octanol–water partition coefficient (Wildman–Crippen LogP) is 0.826. The van der Waals surface area contributed by atoms with Crippen LogP contribution >= 0.6 is 0 Å². The molecule has 2 aromatic carbocycles. The average molecular weight is 361 g/mol. The molecule has 0 saturated heterocycles. The largest absolute Gasteiger partial charge is 0.421 e. The number of H-pyrrole nitrogens is 1. The molecule has 0 amide bonds. The molecular formula is C16H15N3O5S. The zero-order chi connectivity index (χ0) is 18.4. The summed E-state index contributed by atoms with van der Waals surface area (Å²) in [5.41, 5.74) is -1.55. The third-order valence-electron chi connectivity index (χ3n) is 3.81. The van der Waals surface area contributed by atoms with Crippen molar-refractivity contribution in [2.24, 2.45) is 0 Å². The van der Waals surface area contributed by atoms with Crippen molar-refractivity contribution in [1.29, 1.82) is 0 Å². The van der Waals surface area contributed by atoms with E-state index in [-0.39, 0.29) is 25.4 Å². The molecule has 0 aliphatic rings. The van der Waals surface area contributed by atoms with E-state index in [9.17, 15) is 23.2 Å². The topological polar surface area (TPSA) is 112 Å². The Hall–Kier alpha value is -3.07. The van der Waals surface area contributed by atoms with Crippen LogP contribution in [0.15, 0.2) is 61.8 Å². The minimum absolute atomic E-state index is 0.0280. The zero-order valence-electron chi connectivity index (χ0n) is 13.4. The molecule has 8 nitrogen and oxygen atoms in total. The van der Waals surface area contributed by atoms with Crippen LogP contribution in [0.4, 0.5) is 5.69 Å². The Morgan fingerprint density at radius 1 is 1.08 bits per heavy atom. The van der Waals surface area contributed by atoms with Gasteiger partial charge in [-0.3, -0.25) is 4.79 Å². The van der Waals surface area contributed by atoms with Gasteiger partial charge >= 0.3 is 5.69 Å². The quantitative estimate of drug-likeness (QED) is 0.668. The molecule has 0 unspecified atom stereocenters. The fraction of sp³-hybridized carbons (Fsp3) is 0.125. The Bertz CT molecular complexity index is 1190. The van der Waals surface area contributed by atoms with Gasteiger partial charge in [0.05, 0.1) is 20.7 Å². The second-order valence-electron chi connectivity index (χ2n) is 5.62. The molecule has 3 aromatic rings. The summed E-state index contributed by atoms with van der Waals surface area (Å²) in [6, 6.07) is 10.3. The number of nitrogens with one attached hydrogen (secondary N) is 1. The number of benzene rings is 2. The summed E-state index contributed by atoms with van der Waals surface area (Å²) in [6.07, 6.45) is 0. The summed E-state index contributed by atoms with van der Waals surface area (Å²) in [4.78, 5) is 27.5. The van der Waals surface area contributed by atoms with E-state index in [0.29, 0.717) is 5.69 Å². The summed E-state index contributed by atoms with van der Waals surface area (Å²) in [5.74, 6) is 0. The van der Waals surface area contributed by atoms with Crippen LogP contribution in [0, 0.1) is 0 Å². The third kappa shape index (κ3) is 2.68. The molecule has 2 N–H and O–H groups in total. The van der Waals surface area contributed by atoms with E-state index in [4.69, 9.17) is 0 Å². The minimum Gasteiger partial charge on any atom is -0.421 e. The lowest BCUT2D eigenvalue weighted by Crippen LogP contribution is -2.33. The summed E-state index contributed by atoms with van der Waals surface area (Å²) < 4.78 is 25.9. The van der Waals surface area contributed by atoms with Crippen LogP contribution in [0.25, 0.3) is 10.9 Å². The predicted molar refractivity (Wildman–Crippen MR) is 92.2 cm³/mol. The molecule has 1 aromatic heterocycles. The van der Waals surface area contributed by atoms with E-state index in [2.05, 4.69) is 4.98 Å². The average Bonchev–Trinajstić information content (AvgIpc) is 2.59. The highest BCUT2D eigenvalue weighted by molar-refractivity contribution is 7.91. The maximum atomic E-state index is 13.0.